The van der Waals surface area contributed by atoms with E-state index in [2.05, 4.69) is 10.3 Å². The van der Waals surface area contributed by atoms with E-state index >= 15 is 0 Å². The Morgan fingerprint density at radius 2 is 2.64 bits per heavy atom. The maximum atomic E-state index is 10.6. The number of rotatable bonds is 2. The first-order chi connectivity index (χ1) is 6.77. The summed E-state index contributed by atoms with van der Waals surface area (Å²) in [4.78, 5) is 14.6. The molecule has 1 unspecified atom stereocenters. The van der Waals surface area contributed by atoms with E-state index in [1.807, 2.05) is 0 Å². The van der Waals surface area contributed by atoms with Gasteiger partial charge in [-0.25, -0.2) is 9.78 Å². The summed E-state index contributed by atoms with van der Waals surface area (Å²) in [5.41, 5.74) is 0.109. The van der Waals surface area contributed by atoms with Crippen molar-refractivity contribution in [1.82, 2.24) is 10.3 Å². The summed E-state index contributed by atoms with van der Waals surface area (Å²) in [6.45, 7) is 2.05. The third kappa shape index (κ3) is 1.92. The summed E-state index contributed by atoms with van der Waals surface area (Å²) >= 11 is 1.35. The minimum atomic E-state index is -0.982. The molecule has 1 aromatic heterocycles. The summed E-state index contributed by atoms with van der Waals surface area (Å²) in [6.07, 6.45) is 0. The Bertz CT molecular complexity index is 333. The van der Waals surface area contributed by atoms with Crippen LogP contribution in [0.1, 0.15) is 21.5 Å². The van der Waals surface area contributed by atoms with Gasteiger partial charge in [0.25, 0.3) is 0 Å². The Kier molecular flexibility index (Phi) is 2.76. The van der Waals surface area contributed by atoms with Crippen LogP contribution in [0.3, 0.4) is 0 Å². The molecule has 6 heteroatoms. The molecule has 0 spiro atoms. The summed E-state index contributed by atoms with van der Waals surface area (Å²) in [5, 5.41) is 14.2. The predicted molar refractivity (Wildman–Crippen MR) is 50.6 cm³/mol. The van der Waals surface area contributed by atoms with E-state index in [0.29, 0.717) is 13.2 Å². The third-order valence-corrected chi connectivity index (χ3v) is 2.92. The van der Waals surface area contributed by atoms with E-state index in [4.69, 9.17) is 9.84 Å². The molecule has 1 fully saturated rings. The van der Waals surface area contributed by atoms with Gasteiger partial charge in [0.2, 0.25) is 0 Å². The molecule has 0 amide bonds. The van der Waals surface area contributed by atoms with Gasteiger partial charge in [-0.15, -0.1) is 11.3 Å². The summed E-state index contributed by atoms with van der Waals surface area (Å²) in [5.74, 6) is -0.982. The highest BCUT2D eigenvalue weighted by Crippen LogP contribution is 2.20. The van der Waals surface area contributed by atoms with Crippen LogP contribution in [0.5, 0.6) is 0 Å². The van der Waals surface area contributed by atoms with Crippen LogP contribution in [0.15, 0.2) is 5.38 Å². The second kappa shape index (κ2) is 4.04. The van der Waals surface area contributed by atoms with Gasteiger partial charge in [-0.05, 0) is 0 Å². The van der Waals surface area contributed by atoms with Crippen molar-refractivity contribution in [1.29, 1.82) is 0 Å². The lowest BCUT2D eigenvalue weighted by Crippen LogP contribution is -2.34. The number of thiazole rings is 1. The van der Waals surface area contributed by atoms with Gasteiger partial charge in [0.1, 0.15) is 5.01 Å². The van der Waals surface area contributed by atoms with Crippen molar-refractivity contribution < 1.29 is 14.6 Å². The Hall–Kier alpha value is -0.980. The highest BCUT2D eigenvalue weighted by atomic mass is 32.1. The Morgan fingerprint density at radius 3 is 3.21 bits per heavy atom. The molecule has 1 saturated heterocycles. The van der Waals surface area contributed by atoms with Gasteiger partial charge < -0.3 is 15.2 Å². The molecular weight excluding hydrogens is 204 g/mol. The largest absolute Gasteiger partial charge is 0.476 e. The molecule has 2 heterocycles. The monoisotopic (exact) mass is 214 g/mol. The number of hydrogen-bond acceptors (Lipinski definition) is 5. The van der Waals surface area contributed by atoms with E-state index in [-0.39, 0.29) is 11.7 Å². The lowest BCUT2D eigenvalue weighted by atomic mass is 10.3. The van der Waals surface area contributed by atoms with E-state index in [0.717, 1.165) is 11.6 Å². The molecule has 2 N–H and O–H groups in total. The Balaban J connectivity index is 2.11. The number of morpholine rings is 1. The van der Waals surface area contributed by atoms with E-state index in [1.165, 1.54) is 11.3 Å². The van der Waals surface area contributed by atoms with Crippen LogP contribution in [0.4, 0.5) is 0 Å². The fraction of sp³-hybridized carbons (Fsp3) is 0.500. The molecule has 0 aromatic carbocycles. The van der Waals surface area contributed by atoms with Crippen LogP contribution in [0, 0.1) is 0 Å². The number of nitrogens with one attached hydrogen (secondary N) is 1. The molecule has 0 aliphatic carbocycles. The van der Waals surface area contributed by atoms with Crippen molar-refractivity contribution in [2.24, 2.45) is 0 Å². The van der Waals surface area contributed by atoms with Gasteiger partial charge in [-0.2, -0.15) is 0 Å². The lowest BCUT2D eigenvalue weighted by Gasteiger charge is -2.21. The number of carboxylic acids is 1. The van der Waals surface area contributed by atoms with Crippen molar-refractivity contribution in [2.45, 2.75) is 6.04 Å². The molecule has 2 rings (SSSR count). The van der Waals surface area contributed by atoms with Crippen LogP contribution in [0.25, 0.3) is 0 Å². The zero-order chi connectivity index (χ0) is 9.97. The standard InChI is InChI=1S/C8H10N2O3S/c11-8(12)6-4-14-7(10-6)5-3-13-2-1-9-5/h4-5,9H,1-3H2,(H,11,12). The quantitative estimate of drug-likeness (QED) is 0.750. The zero-order valence-corrected chi connectivity index (χ0v) is 8.21. The molecule has 14 heavy (non-hydrogen) atoms. The number of carboxylic acid groups (broad SMARTS) is 1. The molecule has 1 aliphatic rings. The normalized spacial score (nSPS) is 22.1. The molecule has 0 saturated carbocycles. The minimum Gasteiger partial charge on any atom is -0.476 e. The molecule has 1 atom stereocenters. The SMILES string of the molecule is O=C(O)c1csc(C2COCCN2)n1. The van der Waals surface area contributed by atoms with Gasteiger partial charge in [0.15, 0.2) is 5.69 Å². The number of aromatic nitrogens is 1. The number of aromatic carboxylic acids is 1. The second-order valence-corrected chi connectivity index (χ2v) is 3.85. The van der Waals surface area contributed by atoms with Crippen LogP contribution in [-0.4, -0.2) is 35.8 Å². The average Bonchev–Trinajstić information content (AvgIpc) is 2.68. The van der Waals surface area contributed by atoms with Crippen molar-refractivity contribution in [3.63, 3.8) is 0 Å². The molecule has 1 aliphatic heterocycles. The van der Waals surface area contributed by atoms with Gasteiger partial charge >= 0.3 is 5.97 Å². The van der Waals surface area contributed by atoms with E-state index in [9.17, 15) is 4.79 Å². The van der Waals surface area contributed by atoms with Crippen LogP contribution < -0.4 is 5.32 Å². The molecule has 0 radical (unpaired) electrons. The first-order valence-corrected chi connectivity index (χ1v) is 5.15. The summed E-state index contributed by atoms with van der Waals surface area (Å²) < 4.78 is 5.26. The number of ether oxygens (including phenoxy) is 1. The number of nitrogens with zero attached hydrogens (tertiary/aromatic N) is 1. The fourth-order valence-corrected chi connectivity index (χ4v) is 2.12. The number of hydrogen-bond donors (Lipinski definition) is 2. The second-order valence-electron chi connectivity index (χ2n) is 2.96. The first-order valence-electron chi connectivity index (χ1n) is 4.27. The highest BCUT2D eigenvalue weighted by molar-refractivity contribution is 7.09. The molecule has 5 nitrogen and oxygen atoms in total. The van der Waals surface area contributed by atoms with Crippen LogP contribution in [-0.2, 0) is 4.74 Å². The highest BCUT2D eigenvalue weighted by Gasteiger charge is 2.19. The maximum absolute atomic E-state index is 10.6. The number of carbonyl (C=O) groups is 1. The van der Waals surface area contributed by atoms with Crippen molar-refractivity contribution >= 4 is 17.3 Å². The zero-order valence-electron chi connectivity index (χ0n) is 7.40. The van der Waals surface area contributed by atoms with Crippen molar-refractivity contribution in [2.75, 3.05) is 19.8 Å². The molecule has 0 bridgehead atoms. The average molecular weight is 214 g/mol. The van der Waals surface area contributed by atoms with Crippen LogP contribution >= 0.6 is 11.3 Å². The molecule has 76 valence electrons. The summed E-state index contributed by atoms with van der Waals surface area (Å²) in [7, 11) is 0. The van der Waals surface area contributed by atoms with Gasteiger partial charge in [-0.3, -0.25) is 0 Å². The Labute approximate surface area is 84.7 Å². The maximum Gasteiger partial charge on any atom is 0.355 e. The predicted octanol–water partition coefficient (Wildman–Crippen LogP) is 0.502. The van der Waals surface area contributed by atoms with E-state index < -0.39 is 5.97 Å². The summed E-state index contributed by atoms with van der Waals surface area (Å²) in [6, 6.07) is 0.0434. The smallest absolute Gasteiger partial charge is 0.355 e. The van der Waals surface area contributed by atoms with Gasteiger partial charge in [-0.1, -0.05) is 0 Å². The van der Waals surface area contributed by atoms with E-state index in [1.54, 1.807) is 5.38 Å². The lowest BCUT2D eigenvalue weighted by molar-refractivity contribution is 0.0686. The van der Waals surface area contributed by atoms with Crippen LogP contribution in [0.2, 0.25) is 0 Å². The third-order valence-electron chi connectivity index (χ3n) is 1.96. The minimum absolute atomic E-state index is 0.0434. The molecule has 1 aromatic rings. The molecular formula is C8H10N2O3S. The fourth-order valence-electron chi connectivity index (χ4n) is 1.27. The van der Waals surface area contributed by atoms with Crippen molar-refractivity contribution in [3.8, 4) is 0 Å². The van der Waals surface area contributed by atoms with Crippen molar-refractivity contribution in [3.05, 3.63) is 16.1 Å². The Morgan fingerprint density at radius 1 is 1.79 bits per heavy atom. The first kappa shape index (κ1) is 9.57. The van der Waals surface area contributed by atoms with Gasteiger partial charge in [0.05, 0.1) is 19.3 Å². The topological polar surface area (TPSA) is 71.5 Å². The van der Waals surface area contributed by atoms with Gasteiger partial charge in [0, 0.05) is 11.9 Å².